The summed E-state index contributed by atoms with van der Waals surface area (Å²) in [7, 11) is 1.71. The normalized spacial score (nSPS) is 13.0. The Morgan fingerprint density at radius 1 is 1.21 bits per heavy atom. The van der Waals surface area contributed by atoms with Gasteiger partial charge in [-0.05, 0) is 51.8 Å². The first-order valence-electron chi connectivity index (χ1n) is 7.08. The Morgan fingerprint density at radius 2 is 1.89 bits per heavy atom. The van der Waals surface area contributed by atoms with Crippen molar-refractivity contribution in [2.24, 2.45) is 0 Å². The zero-order valence-corrected chi connectivity index (χ0v) is 12.6. The summed E-state index contributed by atoms with van der Waals surface area (Å²) in [6, 6.07) is 8.63. The largest absolute Gasteiger partial charge is 0.496 e. The quantitative estimate of drug-likeness (QED) is 0.784. The number of nitrogens with zero attached hydrogens (tertiary/aromatic N) is 1. The summed E-state index contributed by atoms with van der Waals surface area (Å²) < 4.78 is 5.36. The third-order valence-electron chi connectivity index (χ3n) is 3.31. The molecule has 0 amide bonds. The zero-order chi connectivity index (χ0) is 14.3. The van der Waals surface area contributed by atoms with E-state index >= 15 is 0 Å². The topological polar surface area (TPSA) is 32.7 Å². The van der Waals surface area contributed by atoms with E-state index in [1.807, 2.05) is 25.1 Å². The minimum absolute atomic E-state index is 0.270. The van der Waals surface area contributed by atoms with Crippen LogP contribution in [0.5, 0.6) is 5.75 Å². The van der Waals surface area contributed by atoms with Gasteiger partial charge in [-0.15, -0.1) is 0 Å². The molecule has 0 bridgehead atoms. The Morgan fingerprint density at radius 3 is 2.47 bits per heavy atom. The highest BCUT2D eigenvalue weighted by Crippen LogP contribution is 2.19. The molecule has 0 spiro atoms. The molecule has 0 radical (unpaired) electrons. The van der Waals surface area contributed by atoms with E-state index in [2.05, 4.69) is 24.8 Å². The van der Waals surface area contributed by atoms with Crippen LogP contribution in [0.4, 0.5) is 0 Å². The molecule has 0 saturated heterocycles. The van der Waals surface area contributed by atoms with Gasteiger partial charge < -0.3 is 9.84 Å². The first-order chi connectivity index (χ1) is 9.04. The van der Waals surface area contributed by atoms with E-state index in [4.69, 9.17) is 4.74 Å². The fraction of sp³-hybridized carbons (Fsp3) is 0.625. The average Bonchev–Trinajstić information content (AvgIpc) is 2.37. The number of hydrogen-bond donors (Lipinski definition) is 1. The summed E-state index contributed by atoms with van der Waals surface area (Å²) >= 11 is 0. The van der Waals surface area contributed by atoms with Crippen molar-refractivity contribution in [2.45, 2.75) is 45.8 Å². The van der Waals surface area contributed by atoms with Crippen LogP contribution in [0.2, 0.25) is 0 Å². The lowest BCUT2D eigenvalue weighted by molar-refractivity contribution is 0.107. The zero-order valence-electron chi connectivity index (χ0n) is 12.6. The van der Waals surface area contributed by atoms with E-state index in [1.165, 1.54) is 5.56 Å². The molecule has 0 fully saturated rings. The lowest BCUT2D eigenvalue weighted by Crippen LogP contribution is -2.37. The Kier molecular flexibility index (Phi) is 6.89. The van der Waals surface area contributed by atoms with Gasteiger partial charge in [0.2, 0.25) is 0 Å². The van der Waals surface area contributed by atoms with Crippen molar-refractivity contribution < 1.29 is 9.84 Å². The van der Waals surface area contributed by atoms with E-state index in [0.717, 1.165) is 31.7 Å². The minimum Gasteiger partial charge on any atom is -0.496 e. The molecule has 0 aliphatic heterocycles. The molecule has 1 N–H and O–H groups in total. The van der Waals surface area contributed by atoms with Crippen LogP contribution in [0.1, 0.15) is 32.8 Å². The van der Waals surface area contributed by atoms with Gasteiger partial charge in [-0.3, -0.25) is 4.90 Å². The number of hydrogen-bond acceptors (Lipinski definition) is 3. The summed E-state index contributed by atoms with van der Waals surface area (Å²) in [5, 5.41) is 9.51. The molecule has 3 nitrogen and oxygen atoms in total. The lowest BCUT2D eigenvalue weighted by Gasteiger charge is -2.27. The maximum absolute atomic E-state index is 9.51. The molecule has 0 heterocycles. The van der Waals surface area contributed by atoms with Crippen molar-refractivity contribution in [1.29, 1.82) is 0 Å². The van der Waals surface area contributed by atoms with Gasteiger partial charge in [0.15, 0.2) is 0 Å². The third-order valence-corrected chi connectivity index (χ3v) is 3.31. The number of methoxy groups -OCH3 is 1. The summed E-state index contributed by atoms with van der Waals surface area (Å²) in [6.45, 7) is 7.93. The maximum atomic E-state index is 9.51. The summed E-state index contributed by atoms with van der Waals surface area (Å²) in [4.78, 5) is 2.32. The molecule has 1 aromatic carbocycles. The highest BCUT2D eigenvalue weighted by molar-refractivity contribution is 5.33. The third kappa shape index (κ3) is 5.62. The predicted octanol–water partition coefficient (Wildman–Crippen LogP) is 2.72. The van der Waals surface area contributed by atoms with Gasteiger partial charge in [-0.25, -0.2) is 0 Å². The SMILES string of the molecule is COc1ccccc1CCCN(CC(C)O)C(C)C. The fourth-order valence-corrected chi connectivity index (χ4v) is 2.28. The molecule has 19 heavy (non-hydrogen) atoms. The molecule has 1 atom stereocenters. The number of aliphatic hydroxyl groups excluding tert-OH is 1. The number of benzene rings is 1. The van der Waals surface area contributed by atoms with Crippen LogP contribution in [0.25, 0.3) is 0 Å². The Balaban J connectivity index is 2.47. The average molecular weight is 265 g/mol. The van der Waals surface area contributed by atoms with Gasteiger partial charge in [-0.1, -0.05) is 18.2 Å². The molecule has 0 aromatic heterocycles. The first-order valence-corrected chi connectivity index (χ1v) is 7.08. The Labute approximate surface area is 117 Å². The van der Waals surface area contributed by atoms with Crippen molar-refractivity contribution in [3.8, 4) is 5.75 Å². The van der Waals surface area contributed by atoms with Gasteiger partial charge in [0.25, 0.3) is 0 Å². The summed E-state index contributed by atoms with van der Waals surface area (Å²) in [5.41, 5.74) is 1.26. The molecule has 1 aromatic rings. The van der Waals surface area contributed by atoms with Crippen molar-refractivity contribution in [3.63, 3.8) is 0 Å². The van der Waals surface area contributed by atoms with Crippen molar-refractivity contribution in [3.05, 3.63) is 29.8 Å². The number of aliphatic hydroxyl groups is 1. The van der Waals surface area contributed by atoms with E-state index < -0.39 is 0 Å². The van der Waals surface area contributed by atoms with Crippen LogP contribution in [-0.4, -0.2) is 42.4 Å². The summed E-state index contributed by atoms with van der Waals surface area (Å²) in [6.07, 6.45) is 1.81. The standard InChI is InChI=1S/C16H27NO2/c1-13(2)17(12-14(3)18)11-7-9-15-8-5-6-10-16(15)19-4/h5-6,8,10,13-14,18H,7,9,11-12H2,1-4H3. The maximum Gasteiger partial charge on any atom is 0.122 e. The van der Waals surface area contributed by atoms with Crippen molar-refractivity contribution in [1.82, 2.24) is 4.90 Å². The van der Waals surface area contributed by atoms with Crippen molar-refractivity contribution >= 4 is 0 Å². The van der Waals surface area contributed by atoms with E-state index in [9.17, 15) is 5.11 Å². The van der Waals surface area contributed by atoms with Crippen LogP contribution in [-0.2, 0) is 6.42 Å². The molecule has 1 unspecified atom stereocenters. The Hall–Kier alpha value is -1.06. The highest BCUT2D eigenvalue weighted by Gasteiger charge is 2.12. The Bertz CT molecular complexity index is 364. The second-order valence-corrected chi connectivity index (χ2v) is 5.35. The molecular weight excluding hydrogens is 238 g/mol. The molecule has 0 aliphatic rings. The van der Waals surface area contributed by atoms with Gasteiger partial charge >= 0.3 is 0 Å². The number of ether oxygens (including phenoxy) is 1. The van der Waals surface area contributed by atoms with E-state index in [1.54, 1.807) is 7.11 Å². The molecular formula is C16H27NO2. The lowest BCUT2D eigenvalue weighted by atomic mass is 10.1. The number of aryl methyl sites for hydroxylation is 1. The monoisotopic (exact) mass is 265 g/mol. The van der Waals surface area contributed by atoms with Gasteiger partial charge in [0.1, 0.15) is 5.75 Å². The van der Waals surface area contributed by atoms with E-state index in [0.29, 0.717) is 6.04 Å². The summed E-state index contributed by atoms with van der Waals surface area (Å²) in [5.74, 6) is 0.967. The molecule has 108 valence electrons. The van der Waals surface area contributed by atoms with E-state index in [-0.39, 0.29) is 6.10 Å². The number of para-hydroxylation sites is 1. The highest BCUT2D eigenvalue weighted by atomic mass is 16.5. The van der Waals surface area contributed by atoms with Crippen LogP contribution in [0, 0.1) is 0 Å². The van der Waals surface area contributed by atoms with Crippen molar-refractivity contribution in [2.75, 3.05) is 20.2 Å². The van der Waals surface area contributed by atoms with Crippen LogP contribution in [0.15, 0.2) is 24.3 Å². The van der Waals surface area contributed by atoms with Crippen LogP contribution in [0.3, 0.4) is 0 Å². The molecule has 0 aliphatic carbocycles. The minimum atomic E-state index is -0.270. The second-order valence-electron chi connectivity index (χ2n) is 5.35. The first kappa shape index (κ1) is 16.0. The smallest absolute Gasteiger partial charge is 0.122 e. The van der Waals surface area contributed by atoms with Gasteiger partial charge in [0, 0.05) is 12.6 Å². The van der Waals surface area contributed by atoms with Crippen LogP contribution >= 0.6 is 0 Å². The van der Waals surface area contributed by atoms with Gasteiger partial charge in [0.05, 0.1) is 13.2 Å². The molecule has 1 rings (SSSR count). The second kappa shape index (κ2) is 8.18. The predicted molar refractivity (Wildman–Crippen MR) is 79.7 cm³/mol. The molecule has 3 heteroatoms. The van der Waals surface area contributed by atoms with Crippen LogP contribution < -0.4 is 4.74 Å². The van der Waals surface area contributed by atoms with Gasteiger partial charge in [-0.2, -0.15) is 0 Å². The fourth-order valence-electron chi connectivity index (χ4n) is 2.28. The number of rotatable bonds is 8. The molecule has 0 saturated carbocycles.